The molecule has 0 saturated carbocycles. The van der Waals surface area contributed by atoms with Crippen molar-refractivity contribution >= 4 is 35.6 Å². The highest BCUT2D eigenvalue weighted by Gasteiger charge is 2.30. The van der Waals surface area contributed by atoms with Gasteiger partial charge in [0, 0.05) is 6.42 Å². The van der Waals surface area contributed by atoms with Crippen LogP contribution in [0, 0.1) is 0 Å². The molecule has 4 amide bonds. The number of aliphatic carboxylic acids is 2. The van der Waals surface area contributed by atoms with Crippen molar-refractivity contribution in [2.24, 2.45) is 11.5 Å². The highest BCUT2D eigenvalue weighted by Crippen LogP contribution is 2.11. The van der Waals surface area contributed by atoms with E-state index in [1.54, 1.807) is 0 Å². The number of benzene rings is 1. The number of phenolic OH excluding ortho intramolecular Hbond substituents is 1. The zero-order chi connectivity index (χ0) is 26.0. The van der Waals surface area contributed by atoms with E-state index < -0.39 is 72.6 Å². The van der Waals surface area contributed by atoms with Gasteiger partial charge in [0.05, 0.1) is 18.9 Å². The van der Waals surface area contributed by atoms with Crippen LogP contribution in [0.4, 0.5) is 0 Å². The Morgan fingerprint density at radius 3 is 1.91 bits per heavy atom. The van der Waals surface area contributed by atoms with E-state index in [2.05, 4.69) is 16.0 Å². The molecule has 0 heterocycles. The fourth-order valence-electron chi connectivity index (χ4n) is 2.72. The second kappa shape index (κ2) is 12.7. The topological polar surface area (TPSA) is 251 Å². The minimum absolute atomic E-state index is 0.0189. The Balaban J connectivity index is 2.81. The number of hydrogen-bond acceptors (Lipinski definition) is 8. The lowest BCUT2D eigenvalue weighted by molar-refractivity contribution is -0.143. The number of carboxylic acids is 2. The fraction of sp³-hybridized carbons (Fsp3) is 0.400. The predicted octanol–water partition coefficient (Wildman–Crippen LogP) is -2.83. The number of rotatable bonds is 13. The maximum Gasteiger partial charge on any atom is 0.326 e. The summed E-state index contributed by atoms with van der Waals surface area (Å²) < 4.78 is 0. The number of phenols is 1. The van der Waals surface area contributed by atoms with Crippen LogP contribution >= 0.6 is 0 Å². The number of amides is 4. The first-order chi connectivity index (χ1) is 15.8. The van der Waals surface area contributed by atoms with Crippen LogP contribution in [0.1, 0.15) is 25.3 Å². The zero-order valence-corrected chi connectivity index (χ0v) is 18.2. The predicted molar refractivity (Wildman–Crippen MR) is 115 cm³/mol. The number of nitrogens with two attached hydrogens (primary N) is 2. The SMILES string of the molecule is CC(NC(=O)C(CC(=O)O)NC(=O)C(N)CC(N)=O)C(=O)NC(Cc1ccc(O)cc1)C(=O)O. The van der Waals surface area contributed by atoms with Crippen LogP contribution in [-0.2, 0) is 35.2 Å². The molecule has 14 nitrogen and oxygen atoms in total. The lowest BCUT2D eigenvalue weighted by Gasteiger charge is -2.22. The molecule has 0 bridgehead atoms. The maximum absolute atomic E-state index is 12.5. The van der Waals surface area contributed by atoms with Crippen molar-refractivity contribution in [3.63, 3.8) is 0 Å². The van der Waals surface area contributed by atoms with Crippen LogP contribution in [0.15, 0.2) is 24.3 Å². The molecule has 186 valence electrons. The summed E-state index contributed by atoms with van der Waals surface area (Å²) in [5.74, 6) is -6.63. The number of hydrogen-bond donors (Lipinski definition) is 8. The smallest absolute Gasteiger partial charge is 0.326 e. The van der Waals surface area contributed by atoms with Crippen LogP contribution in [0.5, 0.6) is 5.75 Å². The third kappa shape index (κ3) is 9.52. The summed E-state index contributed by atoms with van der Waals surface area (Å²) in [7, 11) is 0. The quantitative estimate of drug-likeness (QED) is 0.143. The van der Waals surface area contributed by atoms with Gasteiger partial charge in [0.1, 0.15) is 23.9 Å². The molecule has 0 aliphatic carbocycles. The van der Waals surface area contributed by atoms with Crippen LogP contribution in [0.3, 0.4) is 0 Å². The molecule has 4 unspecified atom stereocenters. The summed E-state index contributed by atoms with van der Waals surface area (Å²) in [6, 6.07) is -0.0597. The van der Waals surface area contributed by atoms with Crippen LogP contribution < -0.4 is 27.4 Å². The summed E-state index contributed by atoms with van der Waals surface area (Å²) in [6.07, 6.45) is -1.51. The van der Waals surface area contributed by atoms with Gasteiger partial charge in [-0.05, 0) is 24.6 Å². The molecule has 14 heteroatoms. The van der Waals surface area contributed by atoms with Crippen molar-refractivity contribution in [1.29, 1.82) is 0 Å². The summed E-state index contributed by atoms with van der Waals surface area (Å²) in [5, 5.41) is 34.3. The molecule has 0 radical (unpaired) electrons. The molecule has 1 rings (SSSR count). The molecule has 0 aliphatic heterocycles. The van der Waals surface area contributed by atoms with E-state index in [4.69, 9.17) is 16.6 Å². The Morgan fingerprint density at radius 1 is 0.853 bits per heavy atom. The van der Waals surface area contributed by atoms with Crippen LogP contribution in [0.25, 0.3) is 0 Å². The third-order valence-electron chi connectivity index (χ3n) is 4.51. The standard InChI is InChI=1S/C20H27N5O9/c1-9(17(30)25-14(20(33)34)6-10-2-4-11(26)5-3-10)23-19(32)13(8-16(28)29)24-18(31)12(21)7-15(22)27/h2-5,9,12-14,26H,6-8,21H2,1H3,(H2,22,27)(H,23,32)(H,24,31)(H,25,30)(H,28,29)(H,33,34). The van der Waals surface area contributed by atoms with Crippen molar-refractivity contribution in [2.45, 2.75) is 50.4 Å². The fourth-order valence-corrected chi connectivity index (χ4v) is 2.72. The molecule has 0 spiro atoms. The monoisotopic (exact) mass is 481 g/mol. The Bertz CT molecular complexity index is 935. The number of nitrogens with one attached hydrogen (secondary N) is 3. The van der Waals surface area contributed by atoms with Gasteiger partial charge in [0.25, 0.3) is 0 Å². The number of aromatic hydroxyl groups is 1. The third-order valence-corrected chi connectivity index (χ3v) is 4.51. The molecule has 0 fully saturated rings. The Hall–Kier alpha value is -4.20. The number of carboxylic acid groups (broad SMARTS) is 2. The highest BCUT2D eigenvalue weighted by molar-refractivity contribution is 5.96. The average Bonchev–Trinajstić information content (AvgIpc) is 2.73. The van der Waals surface area contributed by atoms with Crippen molar-refractivity contribution < 1.29 is 44.1 Å². The highest BCUT2D eigenvalue weighted by atomic mass is 16.4. The molecule has 0 aromatic heterocycles. The van der Waals surface area contributed by atoms with E-state index in [1.807, 2.05) is 0 Å². The van der Waals surface area contributed by atoms with Gasteiger partial charge < -0.3 is 42.7 Å². The van der Waals surface area contributed by atoms with E-state index in [-0.39, 0.29) is 12.2 Å². The molecule has 10 N–H and O–H groups in total. The average molecular weight is 481 g/mol. The number of carbonyl (C=O) groups is 6. The second-order valence-electron chi connectivity index (χ2n) is 7.44. The van der Waals surface area contributed by atoms with Crippen molar-refractivity contribution in [3.8, 4) is 5.75 Å². The van der Waals surface area contributed by atoms with Crippen molar-refractivity contribution in [1.82, 2.24) is 16.0 Å². The lowest BCUT2D eigenvalue weighted by atomic mass is 10.1. The van der Waals surface area contributed by atoms with Gasteiger partial charge >= 0.3 is 11.9 Å². The van der Waals surface area contributed by atoms with E-state index in [1.165, 1.54) is 31.2 Å². The zero-order valence-electron chi connectivity index (χ0n) is 18.2. The van der Waals surface area contributed by atoms with Gasteiger partial charge in [-0.15, -0.1) is 0 Å². The van der Waals surface area contributed by atoms with Crippen molar-refractivity contribution in [2.75, 3.05) is 0 Å². The Kier molecular flexibility index (Phi) is 10.4. The van der Waals surface area contributed by atoms with E-state index in [0.29, 0.717) is 5.56 Å². The normalized spacial score (nSPS) is 14.1. The van der Waals surface area contributed by atoms with Gasteiger partial charge in [0.15, 0.2) is 0 Å². The van der Waals surface area contributed by atoms with Gasteiger partial charge in [-0.25, -0.2) is 4.79 Å². The second-order valence-corrected chi connectivity index (χ2v) is 7.44. The van der Waals surface area contributed by atoms with Gasteiger partial charge in [-0.1, -0.05) is 12.1 Å². The van der Waals surface area contributed by atoms with E-state index in [0.717, 1.165) is 0 Å². The first kappa shape index (κ1) is 27.8. The van der Waals surface area contributed by atoms with Gasteiger partial charge in [-0.3, -0.25) is 24.0 Å². The van der Waals surface area contributed by atoms with E-state index in [9.17, 15) is 39.0 Å². The molecule has 1 aromatic carbocycles. The Labute approximate surface area is 193 Å². The molecule has 0 aliphatic rings. The summed E-state index contributed by atoms with van der Waals surface area (Å²) in [4.78, 5) is 70.4. The minimum atomic E-state index is -1.63. The van der Waals surface area contributed by atoms with Gasteiger partial charge in [0.2, 0.25) is 23.6 Å². The first-order valence-electron chi connectivity index (χ1n) is 9.97. The van der Waals surface area contributed by atoms with Crippen LogP contribution in [-0.4, -0.2) is 75.1 Å². The molecular formula is C20H27N5O9. The van der Waals surface area contributed by atoms with Crippen LogP contribution in [0.2, 0.25) is 0 Å². The van der Waals surface area contributed by atoms with Crippen molar-refractivity contribution in [3.05, 3.63) is 29.8 Å². The molecule has 34 heavy (non-hydrogen) atoms. The number of primary amides is 1. The molecule has 4 atom stereocenters. The Morgan fingerprint density at radius 2 is 1.41 bits per heavy atom. The number of carbonyl (C=O) groups excluding carboxylic acids is 4. The van der Waals surface area contributed by atoms with E-state index >= 15 is 0 Å². The van der Waals surface area contributed by atoms with Gasteiger partial charge in [-0.2, -0.15) is 0 Å². The molecule has 0 saturated heterocycles. The first-order valence-corrected chi connectivity index (χ1v) is 9.97. The summed E-state index contributed by atoms with van der Waals surface area (Å²) >= 11 is 0. The summed E-state index contributed by atoms with van der Waals surface area (Å²) in [6.45, 7) is 1.23. The molecular weight excluding hydrogens is 454 g/mol. The molecule has 1 aromatic rings. The maximum atomic E-state index is 12.5. The largest absolute Gasteiger partial charge is 0.508 e. The lowest BCUT2D eigenvalue weighted by Crippen LogP contribution is -2.57. The minimum Gasteiger partial charge on any atom is -0.508 e. The summed E-state index contributed by atoms with van der Waals surface area (Å²) in [5.41, 5.74) is 10.9.